The van der Waals surface area contributed by atoms with Crippen molar-refractivity contribution in [1.82, 2.24) is 4.90 Å². The van der Waals surface area contributed by atoms with Gasteiger partial charge < -0.3 is 15.4 Å². The number of piperidine rings is 1. The molecule has 94 valence electrons. The number of hydrogen-bond donors (Lipinski definition) is 1. The van der Waals surface area contributed by atoms with Gasteiger partial charge in [0.15, 0.2) is 0 Å². The highest BCUT2D eigenvalue weighted by Crippen LogP contribution is 2.35. The van der Waals surface area contributed by atoms with Crippen molar-refractivity contribution in [3.05, 3.63) is 0 Å². The third-order valence-electron chi connectivity index (χ3n) is 4.43. The van der Waals surface area contributed by atoms with E-state index in [0.29, 0.717) is 6.54 Å². The molecule has 1 saturated carbocycles. The average molecular weight is 226 g/mol. The largest absolute Gasteiger partial charge is 0.379 e. The van der Waals surface area contributed by atoms with Gasteiger partial charge in [-0.1, -0.05) is 19.3 Å². The maximum Gasteiger partial charge on any atom is 0.0820 e. The number of nitrogens with two attached hydrogens (primary N) is 1. The summed E-state index contributed by atoms with van der Waals surface area (Å²) in [5.74, 6) is 1.97. The Labute approximate surface area is 99.3 Å². The van der Waals surface area contributed by atoms with Gasteiger partial charge in [-0.3, -0.25) is 0 Å². The summed E-state index contributed by atoms with van der Waals surface area (Å²) < 4.78 is 5.37. The van der Waals surface area contributed by atoms with Gasteiger partial charge in [0, 0.05) is 26.7 Å². The van der Waals surface area contributed by atoms with Crippen molar-refractivity contribution in [2.45, 2.75) is 38.2 Å². The zero-order valence-corrected chi connectivity index (χ0v) is 10.5. The third-order valence-corrected chi connectivity index (χ3v) is 4.43. The van der Waals surface area contributed by atoms with E-state index in [-0.39, 0.29) is 6.10 Å². The van der Waals surface area contributed by atoms with E-state index in [9.17, 15) is 0 Å². The second-order valence-corrected chi connectivity index (χ2v) is 5.45. The molecular weight excluding hydrogens is 200 g/mol. The number of nitrogens with zero attached hydrogens (tertiary/aromatic N) is 1. The van der Waals surface area contributed by atoms with Crippen LogP contribution in [-0.4, -0.2) is 44.3 Å². The molecule has 3 heteroatoms. The van der Waals surface area contributed by atoms with Crippen molar-refractivity contribution in [1.29, 1.82) is 0 Å². The smallest absolute Gasteiger partial charge is 0.0820 e. The van der Waals surface area contributed by atoms with Gasteiger partial charge in [-0.2, -0.15) is 0 Å². The van der Waals surface area contributed by atoms with Crippen molar-refractivity contribution in [2.75, 3.05) is 33.3 Å². The van der Waals surface area contributed by atoms with E-state index in [1.165, 1.54) is 45.2 Å². The SMILES string of the molecule is COC(CN)CN1CCC2CCCCC2C1. The quantitative estimate of drug-likeness (QED) is 0.789. The molecule has 0 radical (unpaired) electrons. The van der Waals surface area contributed by atoms with Crippen LogP contribution < -0.4 is 5.73 Å². The predicted molar refractivity (Wildman–Crippen MR) is 66.4 cm³/mol. The Bertz CT molecular complexity index is 206. The second-order valence-electron chi connectivity index (χ2n) is 5.45. The first-order valence-electron chi connectivity index (χ1n) is 6.78. The Morgan fingerprint density at radius 2 is 2.00 bits per heavy atom. The van der Waals surface area contributed by atoms with Gasteiger partial charge in [-0.15, -0.1) is 0 Å². The van der Waals surface area contributed by atoms with E-state index in [1.807, 2.05) is 0 Å². The summed E-state index contributed by atoms with van der Waals surface area (Å²) in [6, 6.07) is 0. The van der Waals surface area contributed by atoms with Crippen molar-refractivity contribution >= 4 is 0 Å². The van der Waals surface area contributed by atoms with Gasteiger partial charge in [-0.05, 0) is 31.2 Å². The molecule has 0 bridgehead atoms. The Balaban J connectivity index is 1.80. The first kappa shape index (κ1) is 12.3. The maximum absolute atomic E-state index is 5.68. The molecular formula is C13H26N2O. The van der Waals surface area contributed by atoms with Gasteiger partial charge >= 0.3 is 0 Å². The van der Waals surface area contributed by atoms with E-state index in [4.69, 9.17) is 10.5 Å². The normalized spacial score (nSPS) is 33.4. The standard InChI is InChI=1S/C13H26N2O/c1-16-13(8-14)10-15-7-6-11-4-2-3-5-12(11)9-15/h11-13H,2-10,14H2,1H3. The van der Waals surface area contributed by atoms with Crippen LogP contribution in [0, 0.1) is 11.8 Å². The van der Waals surface area contributed by atoms with Crippen LogP contribution in [-0.2, 0) is 4.74 Å². The highest BCUT2D eigenvalue weighted by molar-refractivity contribution is 4.84. The maximum atomic E-state index is 5.68. The molecule has 3 unspecified atom stereocenters. The molecule has 1 heterocycles. The zero-order valence-electron chi connectivity index (χ0n) is 10.5. The molecule has 0 aromatic carbocycles. The lowest BCUT2D eigenvalue weighted by molar-refractivity contribution is 0.0292. The fourth-order valence-corrected chi connectivity index (χ4v) is 3.38. The van der Waals surface area contributed by atoms with Gasteiger partial charge in [0.05, 0.1) is 6.10 Å². The van der Waals surface area contributed by atoms with Crippen LogP contribution in [0.4, 0.5) is 0 Å². The summed E-state index contributed by atoms with van der Waals surface area (Å²) in [5.41, 5.74) is 5.68. The summed E-state index contributed by atoms with van der Waals surface area (Å²) in [5, 5.41) is 0. The van der Waals surface area contributed by atoms with Crippen molar-refractivity contribution in [2.24, 2.45) is 17.6 Å². The molecule has 2 aliphatic rings. The van der Waals surface area contributed by atoms with E-state index >= 15 is 0 Å². The summed E-state index contributed by atoms with van der Waals surface area (Å²) in [7, 11) is 1.77. The monoisotopic (exact) mass is 226 g/mol. The fourth-order valence-electron chi connectivity index (χ4n) is 3.38. The minimum atomic E-state index is 0.222. The Kier molecular flexibility index (Phi) is 4.62. The third kappa shape index (κ3) is 2.96. The van der Waals surface area contributed by atoms with Crippen LogP contribution in [0.1, 0.15) is 32.1 Å². The lowest BCUT2D eigenvalue weighted by Crippen LogP contribution is -2.46. The minimum Gasteiger partial charge on any atom is -0.379 e. The fraction of sp³-hybridized carbons (Fsp3) is 1.00. The average Bonchev–Trinajstić information content (AvgIpc) is 2.35. The number of ether oxygens (including phenoxy) is 1. The van der Waals surface area contributed by atoms with Crippen LogP contribution in [0.15, 0.2) is 0 Å². The van der Waals surface area contributed by atoms with Crippen LogP contribution >= 0.6 is 0 Å². The van der Waals surface area contributed by atoms with E-state index < -0.39 is 0 Å². The Morgan fingerprint density at radius 1 is 1.25 bits per heavy atom. The van der Waals surface area contributed by atoms with Gasteiger partial charge in [0.25, 0.3) is 0 Å². The summed E-state index contributed by atoms with van der Waals surface area (Å²) in [6.07, 6.45) is 7.45. The molecule has 2 rings (SSSR count). The number of rotatable bonds is 4. The predicted octanol–water partition coefficient (Wildman–Crippen LogP) is 1.47. The highest BCUT2D eigenvalue weighted by atomic mass is 16.5. The summed E-state index contributed by atoms with van der Waals surface area (Å²) in [4.78, 5) is 2.56. The topological polar surface area (TPSA) is 38.5 Å². The van der Waals surface area contributed by atoms with Crippen molar-refractivity contribution < 1.29 is 4.74 Å². The highest BCUT2D eigenvalue weighted by Gasteiger charge is 2.31. The molecule has 1 aliphatic heterocycles. The van der Waals surface area contributed by atoms with E-state index in [2.05, 4.69) is 4.90 Å². The van der Waals surface area contributed by atoms with Gasteiger partial charge in [0.1, 0.15) is 0 Å². The number of likely N-dealkylation sites (tertiary alicyclic amines) is 1. The van der Waals surface area contributed by atoms with Crippen molar-refractivity contribution in [3.8, 4) is 0 Å². The minimum absolute atomic E-state index is 0.222. The molecule has 2 fully saturated rings. The molecule has 1 saturated heterocycles. The lowest BCUT2D eigenvalue weighted by Gasteiger charge is -2.42. The Morgan fingerprint density at radius 3 is 2.69 bits per heavy atom. The van der Waals surface area contributed by atoms with Gasteiger partial charge in [-0.25, -0.2) is 0 Å². The summed E-state index contributed by atoms with van der Waals surface area (Å²) >= 11 is 0. The molecule has 0 spiro atoms. The van der Waals surface area contributed by atoms with E-state index in [1.54, 1.807) is 7.11 Å². The van der Waals surface area contributed by atoms with Gasteiger partial charge in [0.2, 0.25) is 0 Å². The summed E-state index contributed by atoms with van der Waals surface area (Å²) in [6.45, 7) is 4.20. The van der Waals surface area contributed by atoms with E-state index in [0.717, 1.165) is 18.4 Å². The second kappa shape index (κ2) is 5.99. The first-order chi connectivity index (χ1) is 7.83. The molecule has 3 nitrogen and oxygen atoms in total. The zero-order chi connectivity index (χ0) is 11.4. The molecule has 16 heavy (non-hydrogen) atoms. The molecule has 3 atom stereocenters. The molecule has 2 N–H and O–H groups in total. The molecule has 1 aliphatic carbocycles. The molecule has 0 aromatic rings. The van der Waals surface area contributed by atoms with Crippen LogP contribution in [0.3, 0.4) is 0 Å². The van der Waals surface area contributed by atoms with Crippen LogP contribution in [0.5, 0.6) is 0 Å². The number of hydrogen-bond acceptors (Lipinski definition) is 3. The molecule has 0 amide bonds. The van der Waals surface area contributed by atoms with Crippen molar-refractivity contribution in [3.63, 3.8) is 0 Å². The first-order valence-corrected chi connectivity index (χ1v) is 6.78. The Hall–Kier alpha value is -0.120. The molecule has 0 aromatic heterocycles. The number of fused-ring (bicyclic) bond motifs is 1. The van der Waals surface area contributed by atoms with Crippen LogP contribution in [0.25, 0.3) is 0 Å². The van der Waals surface area contributed by atoms with Crippen LogP contribution in [0.2, 0.25) is 0 Å². The number of methoxy groups -OCH3 is 1. The lowest BCUT2D eigenvalue weighted by atomic mass is 9.75.